The Balaban J connectivity index is 1.54. The topological polar surface area (TPSA) is 68.6 Å². The molecule has 1 N–H and O–H groups in total. The largest absolute Gasteiger partial charge is 0.494 e. The zero-order valence-corrected chi connectivity index (χ0v) is 13.9. The summed E-state index contributed by atoms with van der Waals surface area (Å²) >= 11 is 0. The Morgan fingerprint density at radius 3 is 2.58 bits per heavy atom. The normalized spacial score (nSPS) is 17.8. The number of hydrazine groups is 1. The third-order valence-electron chi connectivity index (χ3n) is 3.87. The van der Waals surface area contributed by atoms with Gasteiger partial charge in [0.2, 0.25) is 5.91 Å². The summed E-state index contributed by atoms with van der Waals surface area (Å²) in [5, 5.41) is 6.09. The molecule has 1 aliphatic heterocycles. The van der Waals surface area contributed by atoms with Gasteiger partial charge < -0.3 is 9.47 Å². The van der Waals surface area contributed by atoms with Gasteiger partial charge in [-0.2, -0.15) is 5.10 Å². The maximum Gasteiger partial charge on any atom is 0.236 e. The van der Waals surface area contributed by atoms with Crippen molar-refractivity contribution in [2.75, 3.05) is 19.8 Å². The van der Waals surface area contributed by atoms with Gasteiger partial charge in [0.25, 0.3) is 0 Å². The molecule has 0 radical (unpaired) electrons. The molecular weight excluding hydrogens is 308 g/mol. The molecule has 0 aliphatic carbocycles. The molecule has 24 heavy (non-hydrogen) atoms. The molecule has 1 aromatic heterocycles. The van der Waals surface area contributed by atoms with Gasteiger partial charge in [0.05, 0.1) is 25.4 Å². The number of amides is 1. The first-order valence-electron chi connectivity index (χ1n) is 8.06. The number of nitrogens with one attached hydrogen (secondary N) is 1. The average molecular weight is 330 g/mol. The third kappa shape index (κ3) is 3.86. The van der Waals surface area contributed by atoms with Crippen LogP contribution in [0.5, 0.6) is 11.5 Å². The first-order chi connectivity index (χ1) is 11.7. The number of aromatic nitrogens is 2. The number of benzene rings is 1. The van der Waals surface area contributed by atoms with Gasteiger partial charge in [-0.05, 0) is 31.2 Å². The molecule has 0 bridgehead atoms. The predicted molar refractivity (Wildman–Crippen MR) is 88.5 cm³/mol. The van der Waals surface area contributed by atoms with E-state index >= 15 is 0 Å². The van der Waals surface area contributed by atoms with E-state index in [2.05, 4.69) is 10.5 Å². The van der Waals surface area contributed by atoms with Crippen molar-refractivity contribution >= 4 is 5.91 Å². The predicted octanol–water partition coefficient (Wildman–Crippen LogP) is 1.68. The van der Waals surface area contributed by atoms with Gasteiger partial charge >= 0.3 is 0 Å². The van der Waals surface area contributed by atoms with Crippen LogP contribution in [0.4, 0.5) is 0 Å². The number of carbonyl (C=O) groups is 1. The maximum atomic E-state index is 11.7. The highest BCUT2D eigenvalue weighted by Crippen LogP contribution is 2.26. The lowest BCUT2D eigenvalue weighted by atomic mass is 10.1. The molecule has 1 saturated heterocycles. The average Bonchev–Trinajstić information content (AvgIpc) is 3.15. The summed E-state index contributed by atoms with van der Waals surface area (Å²) in [5.41, 5.74) is 3.91. The van der Waals surface area contributed by atoms with Crippen LogP contribution in [0, 0.1) is 0 Å². The van der Waals surface area contributed by atoms with Crippen molar-refractivity contribution in [2.24, 2.45) is 7.05 Å². The van der Waals surface area contributed by atoms with Crippen LogP contribution in [0.15, 0.2) is 36.7 Å². The standard InChI is InChI=1S/C17H22N4O3/c1-3-23-14-4-6-15(7-5-14)24-9-8-21-16(10-17(22)19-21)13-11-18-20(2)12-13/h4-7,11-12,16H,3,8-10H2,1-2H3,(H,19,22). The second-order valence-electron chi connectivity index (χ2n) is 5.65. The van der Waals surface area contributed by atoms with Gasteiger partial charge in [0.1, 0.15) is 18.1 Å². The maximum absolute atomic E-state index is 11.7. The smallest absolute Gasteiger partial charge is 0.236 e. The molecule has 1 amide bonds. The van der Waals surface area contributed by atoms with Gasteiger partial charge in [0.15, 0.2) is 0 Å². The summed E-state index contributed by atoms with van der Waals surface area (Å²) in [4.78, 5) is 11.7. The lowest BCUT2D eigenvalue weighted by Crippen LogP contribution is -2.37. The number of aryl methyl sites for hydroxylation is 1. The van der Waals surface area contributed by atoms with Crippen LogP contribution in [0.1, 0.15) is 24.9 Å². The molecule has 0 saturated carbocycles. The van der Waals surface area contributed by atoms with Crippen LogP contribution in [-0.4, -0.2) is 40.5 Å². The highest BCUT2D eigenvalue weighted by Gasteiger charge is 2.31. The molecule has 1 unspecified atom stereocenters. The summed E-state index contributed by atoms with van der Waals surface area (Å²) in [6.07, 6.45) is 4.17. The van der Waals surface area contributed by atoms with E-state index < -0.39 is 0 Å². The molecular formula is C17H22N4O3. The van der Waals surface area contributed by atoms with Gasteiger partial charge in [-0.25, -0.2) is 5.01 Å². The second-order valence-corrected chi connectivity index (χ2v) is 5.65. The number of carbonyl (C=O) groups excluding carboxylic acids is 1. The number of rotatable bonds is 7. The van der Waals surface area contributed by atoms with E-state index in [-0.39, 0.29) is 11.9 Å². The van der Waals surface area contributed by atoms with E-state index in [1.807, 2.05) is 49.4 Å². The molecule has 2 aromatic rings. The van der Waals surface area contributed by atoms with Crippen molar-refractivity contribution in [3.05, 3.63) is 42.2 Å². The van der Waals surface area contributed by atoms with E-state index in [0.29, 0.717) is 26.2 Å². The van der Waals surface area contributed by atoms with Crippen molar-refractivity contribution in [3.63, 3.8) is 0 Å². The van der Waals surface area contributed by atoms with E-state index in [1.165, 1.54) is 0 Å². The highest BCUT2D eigenvalue weighted by molar-refractivity contribution is 5.78. The van der Waals surface area contributed by atoms with Gasteiger partial charge in [-0.3, -0.25) is 14.9 Å². The highest BCUT2D eigenvalue weighted by atomic mass is 16.5. The lowest BCUT2D eigenvalue weighted by molar-refractivity contribution is -0.121. The fourth-order valence-corrected chi connectivity index (χ4v) is 2.75. The van der Waals surface area contributed by atoms with Crippen molar-refractivity contribution in [2.45, 2.75) is 19.4 Å². The molecule has 1 fully saturated rings. The van der Waals surface area contributed by atoms with Crippen LogP contribution in [-0.2, 0) is 11.8 Å². The third-order valence-corrected chi connectivity index (χ3v) is 3.87. The Bertz CT molecular complexity index is 683. The molecule has 2 heterocycles. The Kier molecular flexibility index (Phi) is 5.00. The van der Waals surface area contributed by atoms with E-state index in [9.17, 15) is 4.79 Å². The van der Waals surface area contributed by atoms with E-state index in [4.69, 9.17) is 9.47 Å². The lowest BCUT2D eigenvalue weighted by Gasteiger charge is -2.22. The molecule has 0 spiro atoms. The molecule has 7 heteroatoms. The van der Waals surface area contributed by atoms with Crippen LogP contribution < -0.4 is 14.9 Å². The molecule has 128 valence electrons. The SMILES string of the molecule is CCOc1ccc(OCCN2NC(=O)CC2c2cnn(C)c2)cc1. The fourth-order valence-electron chi connectivity index (χ4n) is 2.75. The summed E-state index contributed by atoms with van der Waals surface area (Å²) in [7, 11) is 1.87. The van der Waals surface area contributed by atoms with Crippen molar-refractivity contribution in [3.8, 4) is 11.5 Å². The van der Waals surface area contributed by atoms with Crippen LogP contribution in [0.2, 0.25) is 0 Å². The summed E-state index contributed by atoms with van der Waals surface area (Å²) < 4.78 is 12.9. The Morgan fingerprint density at radius 1 is 1.25 bits per heavy atom. The molecule has 3 rings (SSSR count). The molecule has 1 aromatic carbocycles. The minimum absolute atomic E-state index is 0.00451. The van der Waals surface area contributed by atoms with Crippen molar-refractivity contribution in [1.29, 1.82) is 0 Å². The quantitative estimate of drug-likeness (QED) is 0.836. The number of ether oxygens (including phenoxy) is 2. The van der Waals surface area contributed by atoms with Gasteiger partial charge in [0, 0.05) is 25.2 Å². The fraction of sp³-hybridized carbons (Fsp3) is 0.412. The zero-order chi connectivity index (χ0) is 16.9. The Morgan fingerprint density at radius 2 is 1.96 bits per heavy atom. The molecule has 1 atom stereocenters. The first-order valence-corrected chi connectivity index (χ1v) is 8.06. The molecule has 7 nitrogen and oxygen atoms in total. The summed E-state index contributed by atoms with van der Waals surface area (Å²) in [6.45, 7) is 3.67. The summed E-state index contributed by atoms with van der Waals surface area (Å²) in [6, 6.07) is 7.53. The van der Waals surface area contributed by atoms with E-state index in [0.717, 1.165) is 17.1 Å². The molecule has 1 aliphatic rings. The van der Waals surface area contributed by atoms with E-state index in [1.54, 1.807) is 10.9 Å². The summed E-state index contributed by atoms with van der Waals surface area (Å²) in [5.74, 6) is 1.63. The Hall–Kier alpha value is -2.54. The number of hydrogen-bond acceptors (Lipinski definition) is 5. The number of hydrogen-bond donors (Lipinski definition) is 1. The Labute approximate surface area is 141 Å². The van der Waals surface area contributed by atoms with Gasteiger partial charge in [-0.1, -0.05) is 0 Å². The monoisotopic (exact) mass is 330 g/mol. The number of nitrogens with zero attached hydrogens (tertiary/aromatic N) is 3. The van der Waals surface area contributed by atoms with Crippen LogP contribution >= 0.6 is 0 Å². The van der Waals surface area contributed by atoms with Crippen LogP contribution in [0.3, 0.4) is 0 Å². The minimum Gasteiger partial charge on any atom is -0.494 e. The second kappa shape index (κ2) is 7.35. The van der Waals surface area contributed by atoms with Gasteiger partial charge in [-0.15, -0.1) is 0 Å². The van der Waals surface area contributed by atoms with Crippen LogP contribution in [0.25, 0.3) is 0 Å². The first kappa shape index (κ1) is 16.3. The van der Waals surface area contributed by atoms with Crippen molar-refractivity contribution in [1.82, 2.24) is 20.2 Å². The zero-order valence-electron chi connectivity index (χ0n) is 13.9. The minimum atomic E-state index is -0.00451. The van der Waals surface area contributed by atoms with Crippen molar-refractivity contribution < 1.29 is 14.3 Å².